The molecule has 1 aromatic heterocycles. The quantitative estimate of drug-likeness (QED) is 0.736. The fourth-order valence-electron chi connectivity index (χ4n) is 5.98. The Morgan fingerprint density at radius 3 is 2.53 bits per heavy atom. The van der Waals surface area contributed by atoms with Crippen LogP contribution in [0.1, 0.15) is 30.4 Å². The van der Waals surface area contributed by atoms with Gasteiger partial charge in [-0.25, -0.2) is 14.8 Å². The van der Waals surface area contributed by atoms with Crippen LogP contribution in [0.15, 0.2) is 42.7 Å². The number of ether oxygens (including phenoxy) is 1. The summed E-state index contributed by atoms with van der Waals surface area (Å²) in [6.07, 6.45) is 5.87. The van der Waals surface area contributed by atoms with Crippen LogP contribution in [-0.4, -0.2) is 70.2 Å². The monoisotopic (exact) mass is 430 g/mol. The summed E-state index contributed by atoms with van der Waals surface area (Å²) in [6.45, 7) is 4.57. The molecule has 8 heteroatoms. The first-order valence-corrected chi connectivity index (χ1v) is 11.3. The highest BCUT2D eigenvalue weighted by atomic mass is 16.6. The van der Waals surface area contributed by atoms with E-state index in [4.69, 9.17) is 10.00 Å². The number of fused-ring (bicyclic) bond motifs is 2. The van der Waals surface area contributed by atoms with Crippen molar-refractivity contribution in [3.8, 4) is 6.07 Å². The van der Waals surface area contributed by atoms with Gasteiger partial charge in [0.05, 0.1) is 30.0 Å². The minimum atomic E-state index is -0.168. The van der Waals surface area contributed by atoms with E-state index in [1.54, 1.807) is 12.4 Å². The first-order chi connectivity index (χ1) is 15.6. The van der Waals surface area contributed by atoms with Gasteiger partial charge in [0.25, 0.3) is 0 Å². The lowest BCUT2D eigenvalue weighted by Crippen LogP contribution is -2.64. The molecule has 0 unspecified atom stereocenters. The Bertz CT molecular complexity index is 1040. The van der Waals surface area contributed by atoms with Crippen LogP contribution < -0.4 is 4.90 Å². The van der Waals surface area contributed by atoms with Crippen LogP contribution in [0.5, 0.6) is 0 Å². The molecule has 2 atom stereocenters. The first-order valence-electron chi connectivity index (χ1n) is 11.3. The predicted molar refractivity (Wildman–Crippen MR) is 117 cm³/mol. The van der Waals surface area contributed by atoms with E-state index in [0.717, 1.165) is 38.9 Å². The van der Waals surface area contributed by atoms with Crippen molar-refractivity contribution in [3.05, 3.63) is 53.9 Å². The highest BCUT2D eigenvalue weighted by Crippen LogP contribution is 2.50. The fourth-order valence-corrected chi connectivity index (χ4v) is 5.98. The van der Waals surface area contributed by atoms with Crippen LogP contribution in [-0.2, 0) is 11.3 Å². The number of benzene rings is 1. The van der Waals surface area contributed by atoms with E-state index in [1.165, 1.54) is 5.56 Å². The van der Waals surface area contributed by atoms with Gasteiger partial charge in [0, 0.05) is 38.1 Å². The van der Waals surface area contributed by atoms with Crippen LogP contribution in [0, 0.1) is 16.7 Å². The second kappa shape index (κ2) is 7.45. The average molecular weight is 431 g/mol. The lowest BCUT2D eigenvalue weighted by atomic mass is 9.61. The van der Waals surface area contributed by atoms with Gasteiger partial charge in [-0.15, -0.1) is 0 Å². The summed E-state index contributed by atoms with van der Waals surface area (Å²) in [7, 11) is 0. The van der Waals surface area contributed by atoms with E-state index in [9.17, 15) is 4.79 Å². The van der Waals surface area contributed by atoms with E-state index in [2.05, 4.69) is 50.1 Å². The number of aromatic nitrogens is 2. The molecule has 0 radical (unpaired) electrons. The van der Waals surface area contributed by atoms with Crippen molar-refractivity contribution >= 4 is 12.0 Å². The zero-order valence-corrected chi connectivity index (χ0v) is 17.9. The molecule has 4 heterocycles. The van der Waals surface area contributed by atoms with Crippen molar-refractivity contribution in [3.63, 3.8) is 0 Å². The topological polar surface area (TPSA) is 85.6 Å². The Morgan fingerprint density at radius 2 is 1.88 bits per heavy atom. The van der Waals surface area contributed by atoms with Crippen LogP contribution in [0.25, 0.3) is 0 Å². The highest BCUT2D eigenvalue weighted by Gasteiger charge is 2.54. The van der Waals surface area contributed by atoms with Crippen molar-refractivity contribution in [1.29, 1.82) is 5.26 Å². The van der Waals surface area contributed by atoms with E-state index in [1.807, 2.05) is 11.0 Å². The molecule has 1 amide bonds. The SMILES string of the molecule is N#Cc1cnc(N2C[C@@H]3C[C@H]2CN3C(=O)OC2CC3(C2)CN(Cc2ccccc2)C3)nc1. The fraction of sp³-hybridized carbons (Fsp3) is 0.500. The van der Waals surface area contributed by atoms with Crippen LogP contribution in [0.2, 0.25) is 0 Å². The molecule has 1 aromatic carbocycles. The number of carbonyl (C=O) groups excluding carboxylic acids is 1. The Labute approximate surface area is 187 Å². The summed E-state index contributed by atoms with van der Waals surface area (Å²) in [6, 6.07) is 13.0. The molecular formula is C24H26N6O2. The minimum Gasteiger partial charge on any atom is -0.446 e. The second-order valence-corrected chi connectivity index (χ2v) is 9.78. The minimum absolute atomic E-state index is 0.0541. The third-order valence-electron chi connectivity index (χ3n) is 7.46. The van der Waals surface area contributed by atoms with Crippen LogP contribution in [0.4, 0.5) is 10.7 Å². The molecule has 1 spiro atoms. The average Bonchev–Trinajstić information content (AvgIpc) is 3.38. The Hall–Kier alpha value is -3.18. The van der Waals surface area contributed by atoms with Gasteiger partial charge in [-0.05, 0) is 24.8 Å². The first kappa shape index (κ1) is 19.5. The lowest BCUT2D eigenvalue weighted by Gasteiger charge is -2.58. The number of nitrogens with zero attached hydrogens (tertiary/aromatic N) is 6. The Morgan fingerprint density at radius 1 is 1.12 bits per heavy atom. The predicted octanol–water partition coefficient (Wildman–Crippen LogP) is 2.41. The summed E-state index contributed by atoms with van der Waals surface area (Å²) in [5, 5.41) is 8.91. The zero-order chi connectivity index (χ0) is 21.7. The third kappa shape index (κ3) is 3.37. The van der Waals surface area contributed by atoms with Crippen molar-refractivity contribution in [2.24, 2.45) is 5.41 Å². The number of piperazine rings is 1. The molecule has 2 aromatic rings. The number of likely N-dealkylation sites (tertiary alicyclic amines) is 2. The largest absolute Gasteiger partial charge is 0.446 e. The second-order valence-electron chi connectivity index (χ2n) is 9.78. The van der Waals surface area contributed by atoms with Gasteiger partial charge in [0.15, 0.2) is 0 Å². The van der Waals surface area contributed by atoms with Crippen LogP contribution in [0.3, 0.4) is 0 Å². The molecule has 3 saturated heterocycles. The van der Waals surface area contributed by atoms with Gasteiger partial charge in [-0.2, -0.15) is 5.26 Å². The lowest BCUT2D eigenvalue weighted by molar-refractivity contribution is -0.136. The summed E-state index contributed by atoms with van der Waals surface area (Å²) < 4.78 is 5.86. The molecule has 2 bridgehead atoms. The summed E-state index contributed by atoms with van der Waals surface area (Å²) in [4.78, 5) is 27.9. The number of nitriles is 1. The molecule has 32 heavy (non-hydrogen) atoms. The Kier molecular flexibility index (Phi) is 4.54. The third-order valence-corrected chi connectivity index (χ3v) is 7.46. The van der Waals surface area contributed by atoms with Gasteiger partial charge in [-0.3, -0.25) is 4.90 Å². The number of hydrogen-bond acceptors (Lipinski definition) is 7. The summed E-state index contributed by atoms with van der Waals surface area (Å²) in [5.41, 5.74) is 2.17. The smallest absolute Gasteiger partial charge is 0.410 e. The van der Waals surface area contributed by atoms with E-state index >= 15 is 0 Å². The maximum absolute atomic E-state index is 12.8. The maximum atomic E-state index is 12.8. The van der Waals surface area contributed by atoms with Gasteiger partial charge >= 0.3 is 6.09 Å². The summed E-state index contributed by atoms with van der Waals surface area (Å²) in [5.74, 6) is 0.635. The summed E-state index contributed by atoms with van der Waals surface area (Å²) >= 11 is 0. The van der Waals surface area contributed by atoms with Gasteiger partial charge in [0.2, 0.25) is 5.95 Å². The number of rotatable bonds is 4. The molecule has 8 nitrogen and oxygen atoms in total. The van der Waals surface area contributed by atoms with Crippen molar-refractivity contribution in [2.45, 2.75) is 44.0 Å². The molecule has 6 rings (SSSR count). The molecular weight excluding hydrogens is 404 g/mol. The maximum Gasteiger partial charge on any atom is 0.410 e. The van der Waals surface area contributed by atoms with Crippen LogP contribution >= 0.6 is 0 Å². The molecule has 0 N–H and O–H groups in total. The zero-order valence-electron chi connectivity index (χ0n) is 17.9. The normalized spacial score (nSPS) is 26.0. The van der Waals surface area contributed by atoms with E-state index < -0.39 is 0 Å². The number of hydrogen-bond donors (Lipinski definition) is 0. The van der Waals surface area contributed by atoms with Crippen molar-refractivity contribution in [1.82, 2.24) is 19.8 Å². The van der Waals surface area contributed by atoms with Gasteiger partial charge in [0.1, 0.15) is 12.2 Å². The molecule has 1 aliphatic carbocycles. The van der Waals surface area contributed by atoms with E-state index in [-0.39, 0.29) is 24.3 Å². The Balaban J connectivity index is 0.964. The van der Waals surface area contributed by atoms with E-state index in [0.29, 0.717) is 30.0 Å². The number of amides is 1. The number of carbonyl (C=O) groups is 1. The standard InChI is InChI=1S/C24H26N6O2/c25-9-18-10-26-22(27-11-18)29-13-20-6-19(29)14-30(20)23(31)32-21-7-24(8-21)15-28(16-24)12-17-4-2-1-3-5-17/h1-5,10-11,19-21H,6-8,12-16H2/t19-,20-/m0/s1. The van der Waals surface area contributed by atoms with Gasteiger partial charge < -0.3 is 14.5 Å². The highest BCUT2D eigenvalue weighted by molar-refractivity contribution is 5.70. The molecule has 1 saturated carbocycles. The molecule has 164 valence electrons. The van der Waals surface area contributed by atoms with Gasteiger partial charge in [-0.1, -0.05) is 30.3 Å². The molecule has 4 fully saturated rings. The van der Waals surface area contributed by atoms with Crippen molar-refractivity contribution < 1.29 is 9.53 Å². The molecule has 4 aliphatic rings. The molecule has 3 aliphatic heterocycles. The number of anilines is 1. The van der Waals surface area contributed by atoms with Crippen molar-refractivity contribution in [2.75, 3.05) is 31.1 Å².